The minimum Gasteiger partial charge on any atom is -0.454 e. The Morgan fingerprint density at radius 3 is 2.75 bits per heavy atom. The molecule has 0 spiro atoms. The number of rotatable bonds is 5. The second-order valence-corrected chi connectivity index (χ2v) is 5.56. The van der Waals surface area contributed by atoms with Crippen LogP contribution < -0.4 is 10.1 Å². The molecule has 0 heterocycles. The van der Waals surface area contributed by atoms with E-state index in [4.69, 9.17) is 16.3 Å². The fourth-order valence-corrected chi connectivity index (χ4v) is 2.25. The summed E-state index contributed by atoms with van der Waals surface area (Å²) in [5.41, 5.74) is 0.888. The molecule has 2 rings (SSSR count). The number of hydrogen-bond acceptors (Lipinski definition) is 2. The number of benzene rings is 2. The number of ether oxygens (including phenoxy) is 1. The van der Waals surface area contributed by atoms with E-state index in [1.165, 1.54) is 6.07 Å². The minimum absolute atomic E-state index is 0.180. The molecule has 0 fully saturated rings. The highest BCUT2D eigenvalue weighted by Gasteiger charge is 2.09. The van der Waals surface area contributed by atoms with Crippen LogP contribution in [-0.4, -0.2) is 6.54 Å². The van der Waals surface area contributed by atoms with Gasteiger partial charge in [0.1, 0.15) is 5.75 Å². The molecule has 0 amide bonds. The molecule has 106 valence electrons. The predicted octanol–water partition coefficient (Wildman–Crippen LogP) is 5.14. The third-order valence-corrected chi connectivity index (χ3v) is 3.43. The summed E-state index contributed by atoms with van der Waals surface area (Å²) in [7, 11) is 0. The van der Waals surface area contributed by atoms with Gasteiger partial charge in [-0.15, -0.1) is 0 Å². The standard InChI is InChI=1S/C15H14BrClFNO/c1-2-19-9-10-7-12(17)4-6-14(10)20-15-8-11(16)3-5-13(15)18/h3-8,19H,2,9H2,1H3. The second kappa shape index (κ2) is 7.07. The van der Waals surface area contributed by atoms with Crippen LogP contribution in [0.1, 0.15) is 12.5 Å². The number of nitrogens with one attached hydrogen (secondary N) is 1. The summed E-state index contributed by atoms with van der Waals surface area (Å²) >= 11 is 9.29. The molecule has 0 bridgehead atoms. The summed E-state index contributed by atoms with van der Waals surface area (Å²) in [4.78, 5) is 0. The molecule has 0 aromatic heterocycles. The van der Waals surface area contributed by atoms with E-state index < -0.39 is 5.82 Å². The van der Waals surface area contributed by atoms with Crippen molar-refractivity contribution in [3.63, 3.8) is 0 Å². The van der Waals surface area contributed by atoms with E-state index in [1.54, 1.807) is 24.3 Å². The van der Waals surface area contributed by atoms with E-state index in [1.807, 2.05) is 13.0 Å². The molecule has 20 heavy (non-hydrogen) atoms. The molecule has 0 aliphatic carbocycles. The Labute approximate surface area is 131 Å². The van der Waals surface area contributed by atoms with Gasteiger partial charge in [0.05, 0.1) is 0 Å². The van der Waals surface area contributed by atoms with Gasteiger partial charge in [0.2, 0.25) is 0 Å². The first kappa shape index (κ1) is 15.3. The van der Waals surface area contributed by atoms with Gasteiger partial charge in [-0.3, -0.25) is 0 Å². The van der Waals surface area contributed by atoms with Crippen molar-refractivity contribution in [3.05, 3.63) is 57.3 Å². The second-order valence-electron chi connectivity index (χ2n) is 4.21. The van der Waals surface area contributed by atoms with Crippen LogP contribution in [0.5, 0.6) is 11.5 Å². The lowest BCUT2D eigenvalue weighted by Crippen LogP contribution is -2.12. The van der Waals surface area contributed by atoms with Gasteiger partial charge in [-0.1, -0.05) is 34.5 Å². The maximum absolute atomic E-state index is 13.7. The van der Waals surface area contributed by atoms with E-state index in [-0.39, 0.29) is 5.75 Å². The maximum atomic E-state index is 13.7. The van der Waals surface area contributed by atoms with Crippen molar-refractivity contribution in [2.45, 2.75) is 13.5 Å². The van der Waals surface area contributed by atoms with Crippen molar-refractivity contribution in [2.75, 3.05) is 6.54 Å². The SMILES string of the molecule is CCNCc1cc(Cl)ccc1Oc1cc(Br)ccc1F. The molecule has 0 aliphatic heterocycles. The molecular formula is C15H14BrClFNO. The van der Waals surface area contributed by atoms with Gasteiger partial charge in [0.25, 0.3) is 0 Å². The lowest BCUT2D eigenvalue weighted by Gasteiger charge is -2.13. The third-order valence-electron chi connectivity index (χ3n) is 2.70. The van der Waals surface area contributed by atoms with Crippen molar-refractivity contribution < 1.29 is 9.13 Å². The number of halogens is 3. The highest BCUT2D eigenvalue weighted by Crippen LogP contribution is 2.31. The van der Waals surface area contributed by atoms with Gasteiger partial charge in [0.15, 0.2) is 11.6 Å². The molecule has 0 saturated carbocycles. The summed E-state index contributed by atoms with van der Waals surface area (Å²) in [5, 5.41) is 3.83. The lowest BCUT2D eigenvalue weighted by atomic mass is 10.2. The van der Waals surface area contributed by atoms with Crippen LogP contribution in [0.2, 0.25) is 5.02 Å². The fraction of sp³-hybridized carbons (Fsp3) is 0.200. The molecule has 0 saturated heterocycles. The Bertz CT molecular complexity index is 606. The van der Waals surface area contributed by atoms with Gasteiger partial charge in [-0.05, 0) is 42.9 Å². The van der Waals surface area contributed by atoms with Crippen molar-refractivity contribution in [2.24, 2.45) is 0 Å². The van der Waals surface area contributed by atoms with Gasteiger partial charge in [-0.25, -0.2) is 4.39 Å². The summed E-state index contributed by atoms with van der Waals surface area (Å²) in [6, 6.07) is 9.87. The molecule has 2 nitrogen and oxygen atoms in total. The summed E-state index contributed by atoms with van der Waals surface area (Å²) in [5.74, 6) is 0.365. The van der Waals surface area contributed by atoms with Crippen LogP contribution in [0.4, 0.5) is 4.39 Å². The zero-order valence-corrected chi connectivity index (χ0v) is 13.3. The van der Waals surface area contributed by atoms with Crippen LogP contribution in [0.15, 0.2) is 40.9 Å². The van der Waals surface area contributed by atoms with E-state index in [0.29, 0.717) is 17.3 Å². The fourth-order valence-electron chi connectivity index (χ4n) is 1.72. The van der Waals surface area contributed by atoms with Crippen molar-refractivity contribution in [1.82, 2.24) is 5.32 Å². The molecule has 0 atom stereocenters. The quantitative estimate of drug-likeness (QED) is 0.798. The van der Waals surface area contributed by atoms with E-state index in [9.17, 15) is 4.39 Å². The zero-order chi connectivity index (χ0) is 14.5. The lowest BCUT2D eigenvalue weighted by molar-refractivity contribution is 0.435. The Kier molecular flexibility index (Phi) is 5.40. The Morgan fingerprint density at radius 1 is 1.20 bits per heavy atom. The van der Waals surface area contributed by atoms with Crippen LogP contribution >= 0.6 is 27.5 Å². The number of hydrogen-bond donors (Lipinski definition) is 1. The third kappa shape index (κ3) is 3.95. The van der Waals surface area contributed by atoms with E-state index >= 15 is 0 Å². The summed E-state index contributed by atoms with van der Waals surface area (Å²) in [6.07, 6.45) is 0. The maximum Gasteiger partial charge on any atom is 0.165 e. The largest absolute Gasteiger partial charge is 0.454 e. The van der Waals surface area contributed by atoms with Gasteiger partial charge in [0, 0.05) is 21.6 Å². The summed E-state index contributed by atoms with van der Waals surface area (Å²) in [6.45, 7) is 3.46. The van der Waals surface area contributed by atoms with E-state index in [0.717, 1.165) is 16.6 Å². The highest BCUT2D eigenvalue weighted by molar-refractivity contribution is 9.10. The molecule has 0 aliphatic rings. The average molecular weight is 359 g/mol. The molecule has 5 heteroatoms. The van der Waals surface area contributed by atoms with Crippen molar-refractivity contribution in [3.8, 4) is 11.5 Å². The highest BCUT2D eigenvalue weighted by atomic mass is 79.9. The van der Waals surface area contributed by atoms with Crippen LogP contribution in [-0.2, 0) is 6.54 Å². The van der Waals surface area contributed by atoms with Crippen molar-refractivity contribution in [1.29, 1.82) is 0 Å². The predicted molar refractivity (Wildman–Crippen MR) is 83.0 cm³/mol. The monoisotopic (exact) mass is 357 g/mol. The topological polar surface area (TPSA) is 21.3 Å². The van der Waals surface area contributed by atoms with E-state index in [2.05, 4.69) is 21.2 Å². The molecule has 0 radical (unpaired) electrons. The Hall–Kier alpha value is -1.10. The molecular weight excluding hydrogens is 345 g/mol. The first-order valence-corrected chi connectivity index (χ1v) is 7.39. The van der Waals surface area contributed by atoms with Crippen LogP contribution in [0, 0.1) is 5.82 Å². The Balaban J connectivity index is 2.30. The molecule has 1 N–H and O–H groups in total. The molecule has 2 aromatic carbocycles. The van der Waals surface area contributed by atoms with Crippen LogP contribution in [0.3, 0.4) is 0 Å². The zero-order valence-electron chi connectivity index (χ0n) is 10.9. The average Bonchev–Trinajstić information content (AvgIpc) is 2.43. The normalized spacial score (nSPS) is 10.6. The van der Waals surface area contributed by atoms with Gasteiger partial charge < -0.3 is 10.1 Å². The van der Waals surface area contributed by atoms with Crippen molar-refractivity contribution >= 4 is 27.5 Å². The first-order chi connectivity index (χ1) is 9.60. The van der Waals surface area contributed by atoms with Crippen LogP contribution in [0.25, 0.3) is 0 Å². The summed E-state index contributed by atoms with van der Waals surface area (Å²) < 4.78 is 20.2. The Morgan fingerprint density at radius 2 is 2.00 bits per heavy atom. The van der Waals surface area contributed by atoms with Gasteiger partial charge in [-0.2, -0.15) is 0 Å². The first-order valence-electron chi connectivity index (χ1n) is 6.22. The molecule has 2 aromatic rings. The smallest absolute Gasteiger partial charge is 0.165 e. The van der Waals surface area contributed by atoms with Gasteiger partial charge >= 0.3 is 0 Å². The molecule has 0 unspecified atom stereocenters. The minimum atomic E-state index is -0.405.